The Bertz CT molecular complexity index is 452. The molecule has 3 rings (SSSR count). The number of hydrogen-bond acceptors (Lipinski definition) is 3. The van der Waals surface area contributed by atoms with E-state index in [1.807, 2.05) is 12.1 Å². The van der Waals surface area contributed by atoms with Crippen molar-refractivity contribution >= 4 is 15.9 Å². The van der Waals surface area contributed by atoms with Gasteiger partial charge in [0.15, 0.2) is 0 Å². The number of aliphatic hydroxyl groups is 1. The van der Waals surface area contributed by atoms with Crippen LogP contribution < -0.4 is 10.1 Å². The molecule has 1 aromatic carbocycles. The lowest BCUT2D eigenvalue weighted by Gasteiger charge is -2.14. The Morgan fingerprint density at radius 2 is 2.21 bits per heavy atom. The molecule has 19 heavy (non-hydrogen) atoms. The SMILES string of the molecule is OC1CCC(CNCC2Cc3cc(Br)ccc3O2)C1. The van der Waals surface area contributed by atoms with Crippen LogP contribution in [-0.2, 0) is 6.42 Å². The zero-order chi connectivity index (χ0) is 13.2. The Morgan fingerprint density at radius 3 is 3.00 bits per heavy atom. The molecule has 3 nitrogen and oxygen atoms in total. The second-order valence-corrected chi connectivity index (χ2v) is 6.60. The van der Waals surface area contributed by atoms with Gasteiger partial charge < -0.3 is 15.2 Å². The van der Waals surface area contributed by atoms with Crippen molar-refractivity contribution in [1.29, 1.82) is 0 Å². The molecule has 2 N–H and O–H groups in total. The zero-order valence-electron chi connectivity index (χ0n) is 10.9. The Labute approximate surface area is 122 Å². The van der Waals surface area contributed by atoms with Gasteiger partial charge in [0.2, 0.25) is 0 Å². The first-order chi connectivity index (χ1) is 9.20. The van der Waals surface area contributed by atoms with Crippen molar-refractivity contribution in [3.8, 4) is 5.75 Å². The highest BCUT2D eigenvalue weighted by atomic mass is 79.9. The van der Waals surface area contributed by atoms with Crippen LogP contribution in [0.25, 0.3) is 0 Å². The highest BCUT2D eigenvalue weighted by Crippen LogP contribution is 2.31. The van der Waals surface area contributed by atoms with Gasteiger partial charge in [-0.1, -0.05) is 15.9 Å². The summed E-state index contributed by atoms with van der Waals surface area (Å²) in [5.74, 6) is 1.65. The zero-order valence-corrected chi connectivity index (χ0v) is 12.5. The molecule has 0 aromatic heterocycles. The molecule has 0 bridgehead atoms. The average molecular weight is 326 g/mol. The van der Waals surface area contributed by atoms with E-state index in [4.69, 9.17) is 4.74 Å². The van der Waals surface area contributed by atoms with Gasteiger partial charge in [-0.05, 0) is 55.5 Å². The average Bonchev–Trinajstić information content (AvgIpc) is 2.95. The summed E-state index contributed by atoms with van der Waals surface area (Å²) in [6.07, 6.45) is 4.21. The standard InChI is InChI=1S/C15H20BrNO2/c16-12-2-4-15-11(6-12)7-14(19-15)9-17-8-10-1-3-13(18)5-10/h2,4,6,10,13-14,17-18H,1,3,5,7-9H2. The quantitative estimate of drug-likeness (QED) is 0.893. The van der Waals surface area contributed by atoms with Gasteiger partial charge in [-0.25, -0.2) is 0 Å². The minimum Gasteiger partial charge on any atom is -0.488 e. The Kier molecular flexibility index (Phi) is 4.10. The predicted molar refractivity (Wildman–Crippen MR) is 78.5 cm³/mol. The molecular weight excluding hydrogens is 306 g/mol. The van der Waals surface area contributed by atoms with Crippen LogP contribution in [0.3, 0.4) is 0 Å². The number of hydrogen-bond donors (Lipinski definition) is 2. The second-order valence-electron chi connectivity index (χ2n) is 5.69. The van der Waals surface area contributed by atoms with Crippen LogP contribution in [0.15, 0.2) is 22.7 Å². The smallest absolute Gasteiger partial charge is 0.123 e. The third-order valence-electron chi connectivity index (χ3n) is 4.08. The minimum absolute atomic E-state index is 0.0730. The van der Waals surface area contributed by atoms with E-state index in [9.17, 15) is 5.11 Å². The van der Waals surface area contributed by atoms with E-state index < -0.39 is 0 Å². The van der Waals surface area contributed by atoms with Crippen LogP contribution in [0.4, 0.5) is 0 Å². The number of nitrogens with one attached hydrogen (secondary N) is 1. The number of aliphatic hydroxyl groups excluding tert-OH is 1. The maximum atomic E-state index is 9.50. The van der Waals surface area contributed by atoms with Crippen molar-refractivity contribution in [3.05, 3.63) is 28.2 Å². The van der Waals surface area contributed by atoms with Crippen LogP contribution in [0.1, 0.15) is 24.8 Å². The molecule has 3 unspecified atom stereocenters. The molecule has 104 valence electrons. The molecule has 0 saturated heterocycles. The van der Waals surface area contributed by atoms with E-state index in [2.05, 4.69) is 27.3 Å². The normalized spacial score (nSPS) is 29.3. The van der Waals surface area contributed by atoms with Crippen molar-refractivity contribution in [2.75, 3.05) is 13.1 Å². The van der Waals surface area contributed by atoms with Crippen LogP contribution in [0.5, 0.6) is 5.75 Å². The lowest BCUT2D eigenvalue weighted by atomic mass is 10.1. The first-order valence-corrected chi connectivity index (χ1v) is 7.84. The molecule has 1 saturated carbocycles. The van der Waals surface area contributed by atoms with E-state index in [1.165, 1.54) is 5.56 Å². The van der Waals surface area contributed by atoms with Gasteiger partial charge >= 0.3 is 0 Å². The van der Waals surface area contributed by atoms with Crippen molar-refractivity contribution in [3.63, 3.8) is 0 Å². The monoisotopic (exact) mass is 325 g/mol. The van der Waals surface area contributed by atoms with E-state index in [-0.39, 0.29) is 12.2 Å². The van der Waals surface area contributed by atoms with E-state index in [1.54, 1.807) is 0 Å². The topological polar surface area (TPSA) is 41.5 Å². The Hall–Kier alpha value is -0.580. The first-order valence-electron chi connectivity index (χ1n) is 7.04. The summed E-state index contributed by atoms with van der Waals surface area (Å²) in [5, 5.41) is 13.0. The van der Waals surface area contributed by atoms with Gasteiger partial charge in [0.25, 0.3) is 0 Å². The molecule has 4 heteroatoms. The van der Waals surface area contributed by atoms with Crippen molar-refractivity contribution in [2.45, 2.75) is 37.9 Å². The number of rotatable bonds is 4. The van der Waals surface area contributed by atoms with Gasteiger partial charge in [0.1, 0.15) is 11.9 Å². The summed E-state index contributed by atoms with van der Waals surface area (Å²) in [7, 11) is 0. The predicted octanol–water partition coefficient (Wildman–Crippen LogP) is 2.50. The van der Waals surface area contributed by atoms with E-state index in [0.29, 0.717) is 5.92 Å². The fourth-order valence-electron chi connectivity index (χ4n) is 3.09. The summed E-state index contributed by atoms with van der Waals surface area (Å²) in [6, 6.07) is 6.20. The molecule has 0 spiro atoms. The summed E-state index contributed by atoms with van der Waals surface area (Å²) in [6.45, 7) is 1.88. The van der Waals surface area contributed by atoms with Gasteiger partial charge in [-0.3, -0.25) is 0 Å². The molecule has 0 amide bonds. The largest absolute Gasteiger partial charge is 0.488 e. The number of benzene rings is 1. The fraction of sp³-hybridized carbons (Fsp3) is 0.600. The molecule has 0 radical (unpaired) electrons. The molecule has 1 aromatic rings. The molecule has 2 aliphatic rings. The third-order valence-corrected chi connectivity index (χ3v) is 4.58. The maximum absolute atomic E-state index is 9.50. The summed E-state index contributed by atoms with van der Waals surface area (Å²) in [5.41, 5.74) is 1.29. The summed E-state index contributed by atoms with van der Waals surface area (Å²) < 4.78 is 7.03. The second kappa shape index (κ2) is 5.81. The summed E-state index contributed by atoms with van der Waals surface area (Å²) >= 11 is 3.49. The lowest BCUT2D eigenvalue weighted by Crippen LogP contribution is -2.33. The highest BCUT2D eigenvalue weighted by Gasteiger charge is 2.25. The minimum atomic E-state index is -0.0730. The highest BCUT2D eigenvalue weighted by molar-refractivity contribution is 9.10. The molecule has 1 aliphatic carbocycles. The molecular formula is C15H20BrNO2. The van der Waals surface area contributed by atoms with E-state index in [0.717, 1.165) is 49.0 Å². The van der Waals surface area contributed by atoms with Gasteiger partial charge in [-0.15, -0.1) is 0 Å². The summed E-state index contributed by atoms with van der Waals surface area (Å²) in [4.78, 5) is 0. The Balaban J connectivity index is 1.43. The van der Waals surface area contributed by atoms with Crippen LogP contribution in [0.2, 0.25) is 0 Å². The number of ether oxygens (including phenoxy) is 1. The maximum Gasteiger partial charge on any atom is 0.123 e. The van der Waals surface area contributed by atoms with Gasteiger partial charge in [0, 0.05) is 17.4 Å². The van der Waals surface area contributed by atoms with Crippen LogP contribution in [-0.4, -0.2) is 30.4 Å². The van der Waals surface area contributed by atoms with Crippen molar-refractivity contribution in [1.82, 2.24) is 5.32 Å². The van der Waals surface area contributed by atoms with Crippen molar-refractivity contribution < 1.29 is 9.84 Å². The first kappa shape index (κ1) is 13.4. The van der Waals surface area contributed by atoms with Crippen LogP contribution in [0, 0.1) is 5.92 Å². The van der Waals surface area contributed by atoms with Crippen LogP contribution >= 0.6 is 15.9 Å². The third kappa shape index (κ3) is 3.30. The Morgan fingerprint density at radius 1 is 1.32 bits per heavy atom. The number of fused-ring (bicyclic) bond motifs is 1. The number of halogens is 1. The van der Waals surface area contributed by atoms with E-state index >= 15 is 0 Å². The van der Waals surface area contributed by atoms with Gasteiger partial charge in [-0.2, -0.15) is 0 Å². The van der Waals surface area contributed by atoms with Gasteiger partial charge in [0.05, 0.1) is 6.10 Å². The molecule has 1 heterocycles. The molecule has 1 fully saturated rings. The van der Waals surface area contributed by atoms with Crippen molar-refractivity contribution in [2.24, 2.45) is 5.92 Å². The fourth-order valence-corrected chi connectivity index (χ4v) is 3.49. The molecule has 3 atom stereocenters. The molecule has 1 aliphatic heterocycles. The lowest BCUT2D eigenvalue weighted by molar-refractivity contribution is 0.176.